The molecule has 0 aliphatic carbocycles. The van der Waals surface area contributed by atoms with Gasteiger partial charge in [-0.25, -0.2) is 0 Å². The van der Waals surface area contributed by atoms with E-state index in [4.69, 9.17) is 5.11 Å². The van der Waals surface area contributed by atoms with Gasteiger partial charge in [0.15, 0.2) is 0 Å². The second-order valence-electron chi connectivity index (χ2n) is 5.40. The van der Waals surface area contributed by atoms with E-state index in [2.05, 4.69) is 30.6 Å². The van der Waals surface area contributed by atoms with Crippen LogP contribution in [0.15, 0.2) is 0 Å². The van der Waals surface area contributed by atoms with Gasteiger partial charge < -0.3 is 10.0 Å². The molecule has 1 heterocycles. The lowest BCUT2D eigenvalue weighted by atomic mass is 9.96. The Morgan fingerprint density at radius 2 is 1.50 bits per heavy atom. The number of hydrogen-bond donors (Lipinski definition) is 1. The van der Waals surface area contributed by atoms with E-state index in [0.717, 1.165) is 32.7 Å². The van der Waals surface area contributed by atoms with E-state index in [-0.39, 0.29) is 0 Å². The van der Waals surface area contributed by atoms with Crippen molar-refractivity contribution in [3.05, 3.63) is 0 Å². The summed E-state index contributed by atoms with van der Waals surface area (Å²) in [4.78, 5) is 4.85. The SMILES string of the molecule is CC(C)(C)CN1CCN(CCO)CC1. The highest BCUT2D eigenvalue weighted by molar-refractivity contribution is 4.75. The Hall–Kier alpha value is -0.120. The quantitative estimate of drug-likeness (QED) is 0.724. The minimum absolute atomic E-state index is 0.291. The molecule has 14 heavy (non-hydrogen) atoms. The molecule has 0 aromatic rings. The van der Waals surface area contributed by atoms with E-state index in [9.17, 15) is 0 Å². The molecule has 0 amide bonds. The van der Waals surface area contributed by atoms with Crippen LogP contribution in [0.4, 0.5) is 0 Å². The molecule has 1 N–H and O–H groups in total. The zero-order chi connectivity index (χ0) is 10.6. The Labute approximate surface area is 87.7 Å². The van der Waals surface area contributed by atoms with Crippen LogP contribution in [0.1, 0.15) is 20.8 Å². The summed E-state index contributed by atoms with van der Waals surface area (Å²) in [5.41, 5.74) is 0.402. The van der Waals surface area contributed by atoms with Gasteiger partial charge in [-0.3, -0.25) is 4.90 Å². The third-order valence-corrected chi connectivity index (χ3v) is 2.58. The lowest BCUT2D eigenvalue weighted by molar-refractivity contribution is 0.0898. The number of hydrogen-bond acceptors (Lipinski definition) is 3. The van der Waals surface area contributed by atoms with Crippen molar-refractivity contribution in [2.75, 3.05) is 45.9 Å². The average molecular weight is 200 g/mol. The molecule has 3 heteroatoms. The molecule has 0 aromatic carbocycles. The van der Waals surface area contributed by atoms with Crippen LogP contribution < -0.4 is 0 Å². The van der Waals surface area contributed by atoms with Crippen LogP contribution in [0.2, 0.25) is 0 Å². The summed E-state index contributed by atoms with van der Waals surface area (Å²) >= 11 is 0. The van der Waals surface area contributed by atoms with Crippen LogP contribution in [0, 0.1) is 5.41 Å². The highest BCUT2D eigenvalue weighted by atomic mass is 16.3. The summed E-state index contributed by atoms with van der Waals surface area (Å²) in [6.07, 6.45) is 0. The first-order valence-electron chi connectivity index (χ1n) is 5.57. The van der Waals surface area contributed by atoms with E-state index in [1.54, 1.807) is 0 Å². The van der Waals surface area contributed by atoms with E-state index >= 15 is 0 Å². The normalized spacial score (nSPS) is 21.4. The molecular formula is C11H24N2O. The molecule has 0 spiro atoms. The molecule has 3 nitrogen and oxygen atoms in total. The molecule has 1 rings (SSSR count). The van der Waals surface area contributed by atoms with E-state index < -0.39 is 0 Å². The minimum Gasteiger partial charge on any atom is -0.395 e. The van der Waals surface area contributed by atoms with Crippen molar-refractivity contribution in [2.45, 2.75) is 20.8 Å². The molecule has 0 unspecified atom stereocenters. The van der Waals surface area contributed by atoms with Crippen LogP contribution in [-0.4, -0.2) is 60.8 Å². The van der Waals surface area contributed by atoms with Crippen molar-refractivity contribution in [3.63, 3.8) is 0 Å². The standard InChI is InChI=1S/C11H24N2O/c1-11(2,3)10-13-6-4-12(5-7-13)8-9-14/h14H,4-10H2,1-3H3. The number of aliphatic hydroxyl groups is 1. The fourth-order valence-electron chi connectivity index (χ4n) is 1.98. The fourth-order valence-corrected chi connectivity index (χ4v) is 1.98. The lowest BCUT2D eigenvalue weighted by Crippen LogP contribution is -2.49. The lowest BCUT2D eigenvalue weighted by Gasteiger charge is -2.37. The van der Waals surface area contributed by atoms with Crippen molar-refractivity contribution in [2.24, 2.45) is 5.41 Å². The van der Waals surface area contributed by atoms with Crippen LogP contribution in [0.5, 0.6) is 0 Å². The van der Waals surface area contributed by atoms with E-state index in [0.29, 0.717) is 12.0 Å². The van der Waals surface area contributed by atoms with Gasteiger partial charge in [-0.15, -0.1) is 0 Å². The molecule has 1 aliphatic heterocycles. The summed E-state index contributed by atoms with van der Waals surface area (Å²) in [7, 11) is 0. The molecule has 0 atom stereocenters. The van der Waals surface area contributed by atoms with Gasteiger partial charge in [-0.05, 0) is 5.41 Å². The molecule has 0 bridgehead atoms. The Balaban J connectivity index is 2.22. The minimum atomic E-state index is 0.291. The van der Waals surface area contributed by atoms with Gasteiger partial charge in [-0.2, -0.15) is 0 Å². The summed E-state index contributed by atoms with van der Waals surface area (Å²) in [6, 6.07) is 0. The molecule has 0 radical (unpaired) electrons. The van der Waals surface area contributed by atoms with Crippen molar-refractivity contribution in [3.8, 4) is 0 Å². The van der Waals surface area contributed by atoms with Crippen molar-refractivity contribution < 1.29 is 5.11 Å². The topological polar surface area (TPSA) is 26.7 Å². The van der Waals surface area contributed by atoms with Gasteiger partial charge in [0.25, 0.3) is 0 Å². The summed E-state index contributed by atoms with van der Waals surface area (Å²) in [6.45, 7) is 13.7. The van der Waals surface area contributed by atoms with E-state index in [1.165, 1.54) is 6.54 Å². The third kappa shape index (κ3) is 4.40. The highest BCUT2D eigenvalue weighted by Crippen LogP contribution is 2.16. The molecule has 0 aromatic heterocycles. The van der Waals surface area contributed by atoms with E-state index in [1.807, 2.05) is 0 Å². The zero-order valence-electron chi connectivity index (χ0n) is 9.79. The predicted molar refractivity (Wildman–Crippen MR) is 59.4 cm³/mol. The third-order valence-electron chi connectivity index (χ3n) is 2.58. The van der Waals surface area contributed by atoms with Crippen LogP contribution in [-0.2, 0) is 0 Å². The maximum absolute atomic E-state index is 8.82. The van der Waals surface area contributed by atoms with Crippen LogP contribution >= 0.6 is 0 Å². The maximum atomic E-state index is 8.82. The predicted octanol–water partition coefficient (Wildman–Crippen LogP) is 0.642. The number of piperazine rings is 1. The second kappa shape index (κ2) is 5.10. The van der Waals surface area contributed by atoms with Gasteiger partial charge in [0.1, 0.15) is 0 Å². The smallest absolute Gasteiger partial charge is 0.0558 e. The Kier molecular flexibility index (Phi) is 4.35. The van der Waals surface area contributed by atoms with Crippen molar-refractivity contribution >= 4 is 0 Å². The molecule has 84 valence electrons. The number of β-amino-alcohol motifs (C(OH)–C–C–N with tert-alkyl or cyclic N) is 1. The summed E-state index contributed by atoms with van der Waals surface area (Å²) in [5.74, 6) is 0. The van der Waals surface area contributed by atoms with Gasteiger partial charge >= 0.3 is 0 Å². The fraction of sp³-hybridized carbons (Fsp3) is 1.00. The zero-order valence-corrected chi connectivity index (χ0v) is 9.79. The van der Waals surface area contributed by atoms with Crippen LogP contribution in [0.25, 0.3) is 0 Å². The molecule has 0 saturated carbocycles. The van der Waals surface area contributed by atoms with Gasteiger partial charge in [0.2, 0.25) is 0 Å². The second-order valence-corrected chi connectivity index (χ2v) is 5.40. The Morgan fingerprint density at radius 3 is 1.93 bits per heavy atom. The first-order valence-corrected chi connectivity index (χ1v) is 5.57. The Morgan fingerprint density at radius 1 is 1.00 bits per heavy atom. The number of aliphatic hydroxyl groups excluding tert-OH is 1. The average Bonchev–Trinajstić information content (AvgIpc) is 2.06. The molecule has 1 fully saturated rings. The first kappa shape index (κ1) is 12.0. The number of rotatable bonds is 3. The monoisotopic (exact) mass is 200 g/mol. The first-order chi connectivity index (χ1) is 6.51. The van der Waals surface area contributed by atoms with Crippen LogP contribution in [0.3, 0.4) is 0 Å². The summed E-state index contributed by atoms with van der Waals surface area (Å²) < 4.78 is 0. The number of nitrogens with zero attached hydrogens (tertiary/aromatic N) is 2. The molecule has 1 saturated heterocycles. The highest BCUT2D eigenvalue weighted by Gasteiger charge is 2.20. The Bertz CT molecular complexity index is 157. The summed E-state index contributed by atoms with van der Waals surface area (Å²) in [5, 5.41) is 8.82. The molecule has 1 aliphatic rings. The van der Waals surface area contributed by atoms with Gasteiger partial charge in [-0.1, -0.05) is 20.8 Å². The molecular weight excluding hydrogens is 176 g/mol. The van der Waals surface area contributed by atoms with Gasteiger partial charge in [0.05, 0.1) is 6.61 Å². The van der Waals surface area contributed by atoms with Gasteiger partial charge in [0, 0.05) is 39.3 Å². The maximum Gasteiger partial charge on any atom is 0.0558 e. The largest absolute Gasteiger partial charge is 0.395 e. The van der Waals surface area contributed by atoms with Crippen molar-refractivity contribution in [1.29, 1.82) is 0 Å². The van der Waals surface area contributed by atoms with Crippen molar-refractivity contribution in [1.82, 2.24) is 9.80 Å².